The van der Waals surface area contributed by atoms with Gasteiger partial charge in [0.05, 0.1) is 39.0 Å². The number of nitrogens with zero attached hydrogens (tertiary/aromatic N) is 7. The first-order chi connectivity index (χ1) is 31.2. The highest BCUT2D eigenvalue weighted by Crippen LogP contribution is 2.40. The summed E-state index contributed by atoms with van der Waals surface area (Å²) in [5.41, 5.74) is 15.3. The maximum Gasteiger partial charge on any atom is 0.235 e. The van der Waals surface area contributed by atoms with Crippen LogP contribution in [0.1, 0.15) is 12.6 Å². The van der Waals surface area contributed by atoms with Crippen LogP contribution < -0.4 is 0 Å². The molecule has 0 aliphatic heterocycles. The number of aromatic nitrogens is 7. The van der Waals surface area contributed by atoms with Crippen LogP contribution in [-0.4, -0.2) is 33.1 Å². The Morgan fingerprint density at radius 3 is 1.81 bits per heavy atom. The average Bonchev–Trinajstić information content (AvgIpc) is 4.06. The molecule has 0 saturated heterocycles. The van der Waals surface area contributed by atoms with Gasteiger partial charge in [0, 0.05) is 33.1 Å². The number of hydrogen-bond acceptors (Lipinski definition) is 3. The fourth-order valence-corrected chi connectivity index (χ4v) is 9.34. The van der Waals surface area contributed by atoms with Crippen LogP contribution in [0.5, 0.6) is 0 Å². The van der Waals surface area contributed by atoms with Gasteiger partial charge in [0.1, 0.15) is 5.52 Å². The van der Waals surface area contributed by atoms with Gasteiger partial charge in [-0.15, -0.1) is 0 Å². The predicted molar refractivity (Wildman–Crippen MR) is 260 cm³/mol. The Hall–Kier alpha value is -8.55. The second kappa shape index (κ2) is 14.6. The van der Waals surface area contributed by atoms with Crippen molar-refractivity contribution in [1.82, 2.24) is 33.1 Å². The largest absolute Gasteiger partial charge is 0.292 e. The van der Waals surface area contributed by atoms with E-state index in [1.165, 1.54) is 0 Å². The minimum absolute atomic E-state index is 0.606. The summed E-state index contributed by atoms with van der Waals surface area (Å²) in [6.07, 6.45) is 7.89. The monoisotopic (exact) mass is 809 g/mol. The molecule has 0 unspecified atom stereocenters. The minimum Gasteiger partial charge on any atom is -0.292 e. The molecule has 0 atom stereocenters. The fraction of sp³-hybridized carbons (Fsp3) is 0.0179. The Balaban J connectivity index is 1.09. The molecule has 12 rings (SSSR count). The standard InChI is InChI=1S/C56H39N7/c1-3-18-37(19-4-2)46-36-47(38-20-8-5-9-21-38)58-55(57-46)62-48-28-16-14-26-43(48)45-34-39(30-32-50(45)62)40-31-33-51-52(35-40)63-53-44-27-15-17-29-49(44)60(41-22-10-6-11-23-41)54(53)59-56(63)61(51)42-24-12-7-13-25-42/h3-36H,1H2,2H3/b19-4-,37-18+. The van der Waals surface area contributed by atoms with Gasteiger partial charge < -0.3 is 0 Å². The fourth-order valence-electron chi connectivity index (χ4n) is 9.34. The van der Waals surface area contributed by atoms with Crippen LogP contribution in [-0.2, 0) is 0 Å². The first-order valence-electron chi connectivity index (χ1n) is 21.2. The van der Waals surface area contributed by atoms with Gasteiger partial charge >= 0.3 is 0 Å². The zero-order chi connectivity index (χ0) is 42.0. The number of allylic oxidation sites excluding steroid dienone is 5. The van der Waals surface area contributed by atoms with Gasteiger partial charge in [0.2, 0.25) is 11.7 Å². The highest BCUT2D eigenvalue weighted by atomic mass is 15.2. The van der Waals surface area contributed by atoms with E-state index in [0.29, 0.717) is 5.95 Å². The molecular formula is C56H39N7. The SMILES string of the molecule is C=C/C=C(\C=C/C)c1cc(-c2ccccc2)nc(-n2c3ccccc3c3cc(-c4ccc5c(c4)n4c6c7ccccc7n(-c7ccccc7)c6nc4n5-c4ccccc4)ccc32)n1. The number of fused-ring (bicyclic) bond motifs is 10. The van der Waals surface area contributed by atoms with Crippen LogP contribution in [0.4, 0.5) is 0 Å². The minimum atomic E-state index is 0.606. The van der Waals surface area contributed by atoms with Crippen molar-refractivity contribution in [2.24, 2.45) is 0 Å². The maximum absolute atomic E-state index is 5.48. The lowest BCUT2D eigenvalue weighted by Crippen LogP contribution is -2.05. The van der Waals surface area contributed by atoms with E-state index in [-0.39, 0.29) is 0 Å². The average molecular weight is 810 g/mol. The third kappa shape index (κ3) is 5.71. The second-order valence-corrected chi connectivity index (χ2v) is 15.7. The van der Waals surface area contributed by atoms with E-state index in [1.807, 2.05) is 37.3 Å². The molecule has 0 amide bonds. The van der Waals surface area contributed by atoms with Gasteiger partial charge in [0.25, 0.3) is 0 Å². The first kappa shape index (κ1) is 36.3. The van der Waals surface area contributed by atoms with Crippen LogP contribution in [0.2, 0.25) is 0 Å². The van der Waals surface area contributed by atoms with Gasteiger partial charge in [0.15, 0.2) is 5.65 Å². The molecule has 0 aliphatic carbocycles. The van der Waals surface area contributed by atoms with Crippen molar-refractivity contribution in [2.75, 3.05) is 0 Å². The summed E-state index contributed by atoms with van der Waals surface area (Å²) in [4.78, 5) is 16.0. The number of benzene rings is 7. The van der Waals surface area contributed by atoms with E-state index in [9.17, 15) is 0 Å². The summed E-state index contributed by atoms with van der Waals surface area (Å²) in [7, 11) is 0. The van der Waals surface area contributed by atoms with Crippen molar-refractivity contribution < 1.29 is 0 Å². The van der Waals surface area contributed by atoms with Gasteiger partial charge in [-0.3, -0.25) is 18.1 Å². The topological polar surface area (TPSA) is 57.9 Å². The third-order valence-corrected chi connectivity index (χ3v) is 12.1. The Kier molecular flexibility index (Phi) is 8.40. The lowest BCUT2D eigenvalue weighted by atomic mass is 10.0. The van der Waals surface area contributed by atoms with E-state index in [0.717, 1.165) is 106 Å². The summed E-state index contributed by atoms with van der Waals surface area (Å²) < 4.78 is 9.11. The Bertz CT molecular complexity index is 3810. The van der Waals surface area contributed by atoms with Gasteiger partial charge in [-0.05, 0) is 90.4 Å². The lowest BCUT2D eigenvalue weighted by molar-refractivity contribution is 0.983. The number of para-hydroxylation sites is 4. The van der Waals surface area contributed by atoms with Crippen LogP contribution in [0, 0.1) is 0 Å². The van der Waals surface area contributed by atoms with Crippen molar-refractivity contribution >= 4 is 66.3 Å². The molecule has 7 nitrogen and oxygen atoms in total. The number of hydrogen-bond donors (Lipinski definition) is 0. The normalized spacial score (nSPS) is 12.3. The number of imidazole rings is 2. The number of rotatable bonds is 8. The Labute approximate surface area is 363 Å². The third-order valence-electron chi connectivity index (χ3n) is 12.1. The molecule has 7 heteroatoms. The van der Waals surface area contributed by atoms with E-state index in [4.69, 9.17) is 15.0 Å². The Morgan fingerprint density at radius 2 is 1.10 bits per heavy atom. The summed E-state index contributed by atoms with van der Waals surface area (Å²) in [5.74, 6) is 1.47. The maximum atomic E-state index is 5.48. The summed E-state index contributed by atoms with van der Waals surface area (Å²) >= 11 is 0. The molecule has 0 radical (unpaired) electrons. The van der Waals surface area contributed by atoms with E-state index in [1.54, 1.807) is 6.08 Å². The molecule has 0 spiro atoms. The van der Waals surface area contributed by atoms with Gasteiger partial charge in [-0.1, -0.05) is 146 Å². The Morgan fingerprint density at radius 1 is 0.492 bits per heavy atom. The molecule has 5 aromatic heterocycles. The smallest absolute Gasteiger partial charge is 0.235 e. The molecule has 298 valence electrons. The van der Waals surface area contributed by atoms with Crippen molar-refractivity contribution in [2.45, 2.75) is 6.92 Å². The summed E-state index contributed by atoms with van der Waals surface area (Å²) in [6, 6.07) is 64.1. The van der Waals surface area contributed by atoms with E-state index < -0.39 is 0 Å². The van der Waals surface area contributed by atoms with Crippen molar-refractivity contribution in [3.8, 4) is 39.7 Å². The zero-order valence-corrected chi connectivity index (χ0v) is 34.5. The van der Waals surface area contributed by atoms with Crippen molar-refractivity contribution in [1.29, 1.82) is 0 Å². The van der Waals surface area contributed by atoms with Crippen LogP contribution in [0.15, 0.2) is 213 Å². The van der Waals surface area contributed by atoms with Crippen molar-refractivity contribution in [3.05, 3.63) is 219 Å². The molecule has 0 aliphatic rings. The molecule has 0 saturated carbocycles. The summed E-state index contributed by atoms with van der Waals surface area (Å²) in [6.45, 7) is 6.01. The van der Waals surface area contributed by atoms with E-state index >= 15 is 0 Å². The molecule has 0 fully saturated rings. The van der Waals surface area contributed by atoms with Crippen LogP contribution in [0.25, 0.3) is 106 Å². The highest BCUT2D eigenvalue weighted by Gasteiger charge is 2.24. The van der Waals surface area contributed by atoms with Gasteiger partial charge in [-0.2, -0.15) is 4.98 Å². The summed E-state index contributed by atoms with van der Waals surface area (Å²) in [5, 5.41) is 3.40. The molecule has 0 N–H and O–H groups in total. The second-order valence-electron chi connectivity index (χ2n) is 15.7. The van der Waals surface area contributed by atoms with Gasteiger partial charge in [-0.25, -0.2) is 9.97 Å². The molecule has 5 heterocycles. The molecule has 12 aromatic rings. The van der Waals surface area contributed by atoms with Crippen LogP contribution >= 0.6 is 0 Å². The molecule has 7 aromatic carbocycles. The molecular weight excluding hydrogens is 771 g/mol. The quantitative estimate of drug-likeness (QED) is 0.144. The first-order valence-corrected chi connectivity index (χ1v) is 21.2. The van der Waals surface area contributed by atoms with Crippen LogP contribution in [0.3, 0.4) is 0 Å². The predicted octanol–water partition coefficient (Wildman–Crippen LogP) is 13.7. The lowest BCUT2D eigenvalue weighted by Gasteiger charge is -2.12. The zero-order valence-electron chi connectivity index (χ0n) is 34.5. The molecule has 0 bridgehead atoms. The molecule has 63 heavy (non-hydrogen) atoms. The highest BCUT2D eigenvalue weighted by molar-refractivity contribution is 6.12. The van der Waals surface area contributed by atoms with Crippen molar-refractivity contribution in [3.63, 3.8) is 0 Å². The van der Waals surface area contributed by atoms with E-state index in [2.05, 4.69) is 195 Å².